The SMILES string of the molecule is COCCN(CC(=O)N(Cc1ccccc1)Cc1ccc(C)o1)S(=O)(=O)c1cc(Cl)ccc1Cl. The molecule has 0 atom stereocenters. The number of amides is 1. The van der Waals surface area contributed by atoms with E-state index < -0.39 is 22.5 Å². The Balaban J connectivity index is 1.90. The van der Waals surface area contributed by atoms with Gasteiger partial charge >= 0.3 is 0 Å². The Labute approximate surface area is 209 Å². The van der Waals surface area contributed by atoms with E-state index in [1.807, 2.05) is 43.3 Å². The van der Waals surface area contributed by atoms with Gasteiger partial charge in [0.25, 0.3) is 0 Å². The number of hydrogen-bond acceptors (Lipinski definition) is 5. The number of halogens is 2. The number of nitrogens with zero attached hydrogens (tertiary/aromatic N) is 2. The van der Waals surface area contributed by atoms with Crippen LogP contribution in [-0.2, 0) is 32.6 Å². The van der Waals surface area contributed by atoms with Crippen molar-refractivity contribution in [2.24, 2.45) is 0 Å². The second kappa shape index (κ2) is 11.9. The van der Waals surface area contributed by atoms with Gasteiger partial charge in [0.05, 0.1) is 24.7 Å². The van der Waals surface area contributed by atoms with Gasteiger partial charge in [0.1, 0.15) is 16.4 Å². The Morgan fingerprint density at radius 3 is 2.41 bits per heavy atom. The average Bonchev–Trinajstić information content (AvgIpc) is 3.22. The summed E-state index contributed by atoms with van der Waals surface area (Å²) in [5, 5.41) is 0.242. The fraction of sp³-hybridized carbons (Fsp3) is 0.292. The summed E-state index contributed by atoms with van der Waals surface area (Å²) in [7, 11) is -2.67. The largest absolute Gasteiger partial charge is 0.464 e. The number of ether oxygens (including phenoxy) is 1. The van der Waals surface area contributed by atoms with Gasteiger partial charge in [0.15, 0.2) is 0 Å². The minimum absolute atomic E-state index is 0.0199. The Bertz CT molecular complexity index is 1220. The number of methoxy groups -OCH3 is 1. The van der Waals surface area contributed by atoms with E-state index in [2.05, 4.69) is 0 Å². The molecule has 3 aromatic rings. The molecule has 0 unspecified atom stereocenters. The number of carbonyl (C=O) groups is 1. The molecule has 0 saturated carbocycles. The van der Waals surface area contributed by atoms with Crippen molar-refractivity contribution in [2.45, 2.75) is 24.9 Å². The minimum atomic E-state index is -4.13. The van der Waals surface area contributed by atoms with E-state index in [0.29, 0.717) is 5.76 Å². The van der Waals surface area contributed by atoms with Crippen LogP contribution in [0.4, 0.5) is 0 Å². The molecule has 3 rings (SSSR count). The predicted molar refractivity (Wildman–Crippen MR) is 131 cm³/mol. The van der Waals surface area contributed by atoms with Gasteiger partial charge in [-0.15, -0.1) is 0 Å². The van der Waals surface area contributed by atoms with Gasteiger partial charge in [-0.25, -0.2) is 8.42 Å². The lowest BCUT2D eigenvalue weighted by atomic mass is 10.2. The number of furan rings is 1. The number of carbonyl (C=O) groups excluding carboxylic acids is 1. The summed E-state index contributed by atoms with van der Waals surface area (Å²) >= 11 is 12.2. The molecule has 0 spiro atoms. The molecule has 1 heterocycles. The average molecular weight is 525 g/mol. The smallest absolute Gasteiger partial charge is 0.245 e. The topological polar surface area (TPSA) is 80.1 Å². The molecule has 0 aliphatic heterocycles. The zero-order chi connectivity index (χ0) is 24.7. The van der Waals surface area contributed by atoms with Crippen LogP contribution in [0.2, 0.25) is 10.0 Å². The monoisotopic (exact) mass is 524 g/mol. The lowest BCUT2D eigenvalue weighted by Gasteiger charge is -2.27. The normalized spacial score (nSPS) is 11.7. The highest BCUT2D eigenvalue weighted by Gasteiger charge is 2.30. The number of hydrogen-bond donors (Lipinski definition) is 0. The third-order valence-electron chi connectivity index (χ3n) is 5.08. The van der Waals surface area contributed by atoms with Gasteiger partial charge in [-0.2, -0.15) is 4.31 Å². The van der Waals surface area contributed by atoms with E-state index in [1.54, 1.807) is 11.0 Å². The molecule has 182 valence electrons. The maximum atomic E-state index is 13.4. The van der Waals surface area contributed by atoms with Crippen molar-refractivity contribution in [3.8, 4) is 0 Å². The van der Waals surface area contributed by atoms with Gasteiger partial charge in [-0.05, 0) is 42.8 Å². The maximum absolute atomic E-state index is 13.4. The van der Waals surface area contributed by atoms with Crippen LogP contribution < -0.4 is 0 Å². The van der Waals surface area contributed by atoms with Crippen LogP contribution in [0.25, 0.3) is 0 Å². The van der Waals surface area contributed by atoms with Gasteiger partial charge in [-0.3, -0.25) is 4.79 Å². The molecule has 0 aliphatic carbocycles. The highest BCUT2D eigenvalue weighted by atomic mass is 35.5. The van der Waals surface area contributed by atoms with Crippen molar-refractivity contribution >= 4 is 39.1 Å². The summed E-state index contributed by atoms with van der Waals surface area (Å²) in [4.78, 5) is 14.8. The van der Waals surface area contributed by atoms with Crippen molar-refractivity contribution in [2.75, 3.05) is 26.8 Å². The van der Waals surface area contributed by atoms with Gasteiger partial charge in [-0.1, -0.05) is 53.5 Å². The van der Waals surface area contributed by atoms with Gasteiger partial charge in [0.2, 0.25) is 15.9 Å². The van der Waals surface area contributed by atoms with Crippen LogP contribution in [0.5, 0.6) is 0 Å². The molecule has 1 amide bonds. The zero-order valence-electron chi connectivity index (χ0n) is 18.9. The summed E-state index contributed by atoms with van der Waals surface area (Å²) in [5.74, 6) is 0.934. The third kappa shape index (κ3) is 6.84. The van der Waals surface area contributed by atoms with E-state index in [1.165, 1.54) is 25.3 Å². The van der Waals surface area contributed by atoms with Crippen molar-refractivity contribution in [1.82, 2.24) is 9.21 Å². The lowest BCUT2D eigenvalue weighted by Crippen LogP contribution is -2.43. The summed E-state index contributed by atoms with van der Waals surface area (Å²) in [6, 6.07) is 17.3. The first-order valence-corrected chi connectivity index (χ1v) is 12.7. The number of aryl methyl sites for hydroxylation is 1. The summed E-state index contributed by atoms with van der Waals surface area (Å²) in [5.41, 5.74) is 0.906. The van der Waals surface area contributed by atoms with Crippen molar-refractivity contribution in [3.05, 3.63) is 87.8 Å². The third-order valence-corrected chi connectivity index (χ3v) is 7.64. The highest BCUT2D eigenvalue weighted by Crippen LogP contribution is 2.28. The summed E-state index contributed by atoms with van der Waals surface area (Å²) in [6.07, 6.45) is 0. The highest BCUT2D eigenvalue weighted by molar-refractivity contribution is 7.89. The van der Waals surface area contributed by atoms with Crippen molar-refractivity contribution in [3.63, 3.8) is 0 Å². The Morgan fingerprint density at radius 1 is 1.03 bits per heavy atom. The Kier molecular flexibility index (Phi) is 9.16. The molecule has 1 aromatic heterocycles. The molecular formula is C24H26Cl2N2O5S. The van der Waals surface area contributed by atoms with Crippen LogP contribution in [-0.4, -0.2) is 50.3 Å². The molecule has 34 heavy (non-hydrogen) atoms. The molecule has 10 heteroatoms. The van der Waals surface area contributed by atoms with Crippen LogP contribution in [0, 0.1) is 6.92 Å². The van der Waals surface area contributed by atoms with E-state index >= 15 is 0 Å². The second-order valence-electron chi connectivity index (χ2n) is 7.65. The molecule has 0 bridgehead atoms. The second-order valence-corrected chi connectivity index (χ2v) is 10.4. The number of rotatable bonds is 11. The van der Waals surface area contributed by atoms with Crippen LogP contribution >= 0.6 is 23.2 Å². The molecule has 0 aliphatic rings. The van der Waals surface area contributed by atoms with E-state index in [0.717, 1.165) is 15.6 Å². The number of benzene rings is 2. The molecule has 2 aromatic carbocycles. The molecule has 0 saturated heterocycles. The fourth-order valence-electron chi connectivity index (χ4n) is 3.34. The first-order chi connectivity index (χ1) is 16.2. The zero-order valence-corrected chi connectivity index (χ0v) is 21.2. The van der Waals surface area contributed by atoms with Gasteiger partial charge < -0.3 is 14.1 Å². The van der Waals surface area contributed by atoms with E-state index in [-0.39, 0.29) is 41.2 Å². The Hall–Kier alpha value is -2.36. The Morgan fingerprint density at radius 2 is 1.76 bits per heavy atom. The van der Waals surface area contributed by atoms with Crippen LogP contribution in [0.1, 0.15) is 17.1 Å². The quantitative estimate of drug-likeness (QED) is 0.361. The first-order valence-electron chi connectivity index (χ1n) is 10.5. The van der Waals surface area contributed by atoms with Gasteiger partial charge in [0, 0.05) is 25.2 Å². The van der Waals surface area contributed by atoms with Crippen LogP contribution in [0.15, 0.2) is 70.0 Å². The standard InChI is InChI=1S/C24H26Cl2N2O5S/c1-18-8-10-21(33-18)16-27(15-19-6-4-3-5-7-19)24(29)17-28(12-13-32-2)34(30,31)23-14-20(25)9-11-22(23)26/h3-11,14H,12-13,15-17H2,1-2H3. The van der Waals surface area contributed by atoms with E-state index in [4.69, 9.17) is 32.4 Å². The fourth-order valence-corrected chi connectivity index (χ4v) is 5.45. The maximum Gasteiger partial charge on any atom is 0.245 e. The lowest BCUT2D eigenvalue weighted by molar-refractivity contribution is -0.133. The first kappa shape index (κ1) is 26.2. The van der Waals surface area contributed by atoms with Crippen molar-refractivity contribution < 1.29 is 22.4 Å². The van der Waals surface area contributed by atoms with Crippen molar-refractivity contribution in [1.29, 1.82) is 0 Å². The molecular weight excluding hydrogens is 499 g/mol. The summed E-state index contributed by atoms with van der Waals surface area (Å²) in [6.45, 7) is 1.96. The van der Waals surface area contributed by atoms with Crippen LogP contribution in [0.3, 0.4) is 0 Å². The molecule has 0 N–H and O–H groups in total. The number of sulfonamides is 1. The minimum Gasteiger partial charge on any atom is -0.464 e. The molecule has 0 radical (unpaired) electrons. The predicted octanol–water partition coefficient (Wildman–Crippen LogP) is 4.76. The van der Waals surface area contributed by atoms with E-state index in [9.17, 15) is 13.2 Å². The summed E-state index contributed by atoms with van der Waals surface area (Å²) < 4.78 is 38.7. The molecule has 7 nitrogen and oxygen atoms in total. The molecule has 0 fully saturated rings.